The van der Waals surface area contributed by atoms with Gasteiger partial charge >= 0.3 is 6.18 Å². The number of pyridine rings is 1. The number of hydrogen-bond acceptors (Lipinski definition) is 3. The Morgan fingerprint density at radius 2 is 1.73 bits per heavy atom. The van der Waals surface area contributed by atoms with Crippen molar-refractivity contribution in [1.29, 1.82) is 0 Å². The Balaban J connectivity index is 2.07. The van der Waals surface area contributed by atoms with Gasteiger partial charge in [-0.3, -0.25) is 4.98 Å². The van der Waals surface area contributed by atoms with Gasteiger partial charge in [-0.25, -0.2) is 0 Å². The van der Waals surface area contributed by atoms with E-state index in [2.05, 4.69) is 21.8 Å². The first-order valence-electron chi connectivity index (χ1n) is 7.27. The average Bonchev–Trinajstić information content (AvgIpc) is 2.45. The minimum Gasteiger partial charge on any atom is -0.368 e. The molecule has 0 radical (unpaired) electrons. The van der Waals surface area contributed by atoms with Crippen LogP contribution in [0, 0.1) is 6.92 Å². The second kappa shape index (κ2) is 5.43. The number of aromatic nitrogens is 1. The highest BCUT2D eigenvalue weighted by molar-refractivity contribution is 5.92. The molecule has 0 unspecified atom stereocenters. The van der Waals surface area contributed by atoms with Gasteiger partial charge in [-0.05, 0) is 32.2 Å². The maximum atomic E-state index is 12.9. The molecule has 1 aliphatic rings. The van der Waals surface area contributed by atoms with Crippen LogP contribution in [0.25, 0.3) is 10.9 Å². The van der Waals surface area contributed by atoms with Crippen LogP contribution in [0.15, 0.2) is 24.3 Å². The Hall–Kier alpha value is -1.82. The minimum absolute atomic E-state index is 0.406. The molecule has 1 aromatic heterocycles. The largest absolute Gasteiger partial charge is 0.416 e. The lowest BCUT2D eigenvalue weighted by Gasteiger charge is -2.34. The number of nitrogens with zero attached hydrogens (tertiary/aromatic N) is 3. The van der Waals surface area contributed by atoms with Gasteiger partial charge < -0.3 is 9.80 Å². The van der Waals surface area contributed by atoms with Crippen LogP contribution in [0.3, 0.4) is 0 Å². The highest BCUT2D eigenvalue weighted by atomic mass is 19.4. The molecule has 2 heterocycles. The summed E-state index contributed by atoms with van der Waals surface area (Å²) >= 11 is 0. The van der Waals surface area contributed by atoms with Crippen molar-refractivity contribution in [3.05, 3.63) is 35.5 Å². The van der Waals surface area contributed by atoms with Gasteiger partial charge in [0.15, 0.2) is 0 Å². The van der Waals surface area contributed by atoms with Crippen molar-refractivity contribution >= 4 is 16.6 Å². The molecule has 1 aromatic carbocycles. The Bertz CT molecular complexity index is 689. The quantitative estimate of drug-likeness (QED) is 0.805. The smallest absolute Gasteiger partial charge is 0.368 e. The van der Waals surface area contributed by atoms with E-state index in [0.717, 1.165) is 55.1 Å². The first-order valence-corrected chi connectivity index (χ1v) is 7.27. The summed E-state index contributed by atoms with van der Waals surface area (Å²) in [7, 11) is 2.07. The third-order valence-corrected chi connectivity index (χ3v) is 4.09. The van der Waals surface area contributed by atoms with Crippen LogP contribution in [-0.2, 0) is 6.18 Å². The maximum Gasteiger partial charge on any atom is 0.416 e. The highest BCUT2D eigenvalue weighted by Gasteiger charge is 2.31. The molecule has 1 fully saturated rings. The lowest BCUT2D eigenvalue weighted by molar-refractivity contribution is -0.137. The van der Waals surface area contributed by atoms with Gasteiger partial charge in [-0.1, -0.05) is 6.07 Å². The molecule has 0 atom stereocenters. The summed E-state index contributed by atoms with van der Waals surface area (Å²) in [5.41, 5.74) is 1.47. The van der Waals surface area contributed by atoms with Crippen LogP contribution in [0.5, 0.6) is 0 Å². The van der Waals surface area contributed by atoms with Gasteiger partial charge in [0.05, 0.1) is 11.1 Å². The predicted molar refractivity (Wildman–Crippen MR) is 81.2 cm³/mol. The molecular formula is C16H18F3N3. The van der Waals surface area contributed by atoms with Crippen LogP contribution in [-0.4, -0.2) is 43.1 Å². The van der Waals surface area contributed by atoms with Gasteiger partial charge in [0.2, 0.25) is 0 Å². The fraction of sp³-hybridized carbons (Fsp3) is 0.438. The van der Waals surface area contributed by atoms with Crippen molar-refractivity contribution in [2.75, 3.05) is 38.1 Å². The van der Waals surface area contributed by atoms with Crippen molar-refractivity contribution in [2.24, 2.45) is 0 Å². The summed E-state index contributed by atoms with van der Waals surface area (Å²) in [5.74, 6) is 0. The Morgan fingerprint density at radius 3 is 2.36 bits per heavy atom. The van der Waals surface area contributed by atoms with Crippen LogP contribution < -0.4 is 4.90 Å². The van der Waals surface area contributed by atoms with E-state index in [1.54, 1.807) is 0 Å². The molecule has 2 aromatic rings. The number of fused-ring (bicyclic) bond motifs is 1. The van der Waals surface area contributed by atoms with E-state index in [0.29, 0.717) is 5.52 Å². The number of piperazine rings is 1. The van der Waals surface area contributed by atoms with E-state index < -0.39 is 11.7 Å². The number of aryl methyl sites for hydroxylation is 1. The van der Waals surface area contributed by atoms with Gasteiger partial charge in [0.1, 0.15) is 0 Å². The summed E-state index contributed by atoms with van der Waals surface area (Å²) in [6, 6.07) is 5.78. The third-order valence-electron chi connectivity index (χ3n) is 4.09. The summed E-state index contributed by atoms with van der Waals surface area (Å²) in [6.45, 7) is 5.46. The normalized spacial score (nSPS) is 17.2. The molecule has 0 spiro atoms. The van der Waals surface area contributed by atoms with Gasteiger partial charge in [-0.2, -0.15) is 13.2 Å². The molecule has 0 saturated carbocycles. The standard InChI is InChI=1S/C16H18F3N3/c1-11-9-15(22-7-5-21(2)6-8-22)13-4-3-12(16(17,18)19)10-14(13)20-11/h3-4,9-10H,5-8H2,1-2H3. The molecule has 0 amide bonds. The molecule has 0 aliphatic carbocycles. The lowest BCUT2D eigenvalue weighted by atomic mass is 10.1. The molecule has 6 heteroatoms. The zero-order valence-corrected chi connectivity index (χ0v) is 12.6. The summed E-state index contributed by atoms with van der Waals surface area (Å²) in [6.07, 6.45) is -4.34. The number of benzene rings is 1. The van der Waals surface area contributed by atoms with Crippen molar-refractivity contribution in [3.63, 3.8) is 0 Å². The molecule has 0 bridgehead atoms. The molecule has 3 nitrogen and oxygen atoms in total. The fourth-order valence-electron chi connectivity index (χ4n) is 2.82. The first kappa shape index (κ1) is 15.1. The second-order valence-electron chi connectivity index (χ2n) is 5.80. The number of likely N-dealkylation sites (N-methyl/N-ethyl adjacent to an activating group) is 1. The number of hydrogen-bond donors (Lipinski definition) is 0. The highest BCUT2D eigenvalue weighted by Crippen LogP contribution is 2.34. The van der Waals surface area contributed by atoms with Crippen LogP contribution in [0.1, 0.15) is 11.3 Å². The van der Waals surface area contributed by atoms with E-state index in [1.807, 2.05) is 13.0 Å². The van der Waals surface area contributed by atoms with Crippen molar-refractivity contribution in [1.82, 2.24) is 9.88 Å². The Morgan fingerprint density at radius 1 is 1.05 bits per heavy atom. The Kier molecular flexibility index (Phi) is 3.72. The van der Waals surface area contributed by atoms with E-state index in [-0.39, 0.29) is 0 Å². The van der Waals surface area contributed by atoms with Crippen LogP contribution in [0.4, 0.5) is 18.9 Å². The number of alkyl halides is 3. The molecule has 3 rings (SSSR count). The van der Waals surface area contributed by atoms with Crippen molar-refractivity contribution in [3.8, 4) is 0 Å². The molecule has 118 valence electrons. The monoisotopic (exact) mass is 309 g/mol. The first-order chi connectivity index (χ1) is 10.3. The number of anilines is 1. The minimum atomic E-state index is -4.34. The van der Waals surface area contributed by atoms with Gasteiger partial charge in [0, 0.05) is 42.9 Å². The van der Waals surface area contributed by atoms with E-state index in [1.165, 1.54) is 6.07 Å². The van der Waals surface area contributed by atoms with Crippen molar-refractivity contribution in [2.45, 2.75) is 13.1 Å². The lowest BCUT2D eigenvalue weighted by Crippen LogP contribution is -2.44. The fourth-order valence-corrected chi connectivity index (χ4v) is 2.82. The summed E-state index contributed by atoms with van der Waals surface area (Å²) in [5, 5.41) is 0.781. The molecule has 1 aliphatic heterocycles. The SMILES string of the molecule is Cc1cc(N2CCN(C)CC2)c2ccc(C(F)(F)F)cc2n1. The summed E-state index contributed by atoms with van der Waals surface area (Å²) < 4.78 is 38.6. The Labute approximate surface area is 127 Å². The number of rotatable bonds is 1. The van der Waals surface area contributed by atoms with E-state index >= 15 is 0 Å². The summed E-state index contributed by atoms with van der Waals surface area (Å²) in [4.78, 5) is 8.75. The predicted octanol–water partition coefficient (Wildman–Crippen LogP) is 3.31. The van der Waals surface area contributed by atoms with Crippen LogP contribution >= 0.6 is 0 Å². The molecule has 1 saturated heterocycles. The third kappa shape index (κ3) is 2.88. The zero-order valence-electron chi connectivity index (χ0n) is 12.6. The topological polar surface area (TPSA) is 19.4 Å². The van der Waals surface area contributed by atoms with Gasteiger partial charge in [0.25, 0.3) is 0 Å². The molecular weight excluding hydrogens is 291 g/mol. The van der Waals surface area contributed by atoms with Crippen molar-refractivity contribution < 1.29 is 13.2 Å². The van der Waals surface area contributed by atoms with E-state index in [9.17, 15) is 13.2 Å². The molecule has 22 heavy (non-hydrogen) atoms. The van der Waals surface area contributed by atoms with E-state index in [4.69, 9.17) is 0 Å². The second-order valence-corrected chi connectivity index (χ2v) is 5.80. The zero-order chi connectivity index (χ0) is 15.9. The average molecular weight is 309 g/mol. The number of halogens is 3. The maximum absolute atomic E-state index is 12.9. The van der Waals surface area contributed by atoms with Crippen LogP contribution in [0.2, 0.25) is 0 Å². The van der Waals surface area contributed by atoms with Gasteiger partial charge in [-0.15, -0.1) is 0 Å². The molecule has 0 N–H and O–H groups in total.